The molecular formula is C21H22N5S2+. The molecule has 0 fully saturated rings. The van der Waals surface area contributed by atoms with Gasteiger partial charge in [0.2, 0.25) is 4.77 Å². The average Bonchev–Trinajstić information content (AvgIpc) is 3.33. The molecule has 0 bridgehead atoms. The summed E-state index contributed by atoms with van der Waals surface area (Å²) >= 11 is 7.54. The van der Waals surface area contributed by atoms with E-state index in [-0.39, 0.29) is 0 Å². The second-order valence-corrected chi connectivity index (χ2v) is 7.98. The summed E-state index contributed by atoms with van der Waals surface area (Å²) in [5.41, 5.74) is 3.56. The molecule has 5 nitrogen and oxygen atoms in total. The first-order valence-electron chi connectivity index (χ1n) is 9.15. The van der Waals surface area contributed by atoms with E-state index in [2.05, 4.69) is 45.6 Å². The summed E-state index contributed by atoms with van der Waals surface area (Å²) < 4.78 is 4.79. The van der Waals surface area contributed by atoms with Gasteiger partial charge in [0, 0.05) is 23.5 Å². The molecule has 0 saturated carbocycles. The van der Waals surface area contributed by atoms with Crippen LogP contribution in [-0.2, 0) is 19.8 Å². The van der Waals surface area contributed by atoms with Crippen LogP contribution in [0.15, 0.2) is 71.7 Å². The van der Waals surface area contributed by atoms with Gasteiger partial charge in [-0.25, -0.2) is 0 Å². The van der Waals surface area contributed by atoms with Crippen molar-refractivity contribution in [1.29, 1.82) is 0 Å². The fourth-order valence-corrected chi connectivity index (χ4v) is 4.15. The molecule has 1 atom stereocenters. The number of pyridine rings is 1. The number of thiophene rings is 1. The van der Waals surface area contributed by atoms with Gasteiger partial charge in [-0.15, -0.1) is 5.10 Å². The van der Waals surface area contributed by atoms with Crippen molar-refractivity contribution >= 4 is 23.6 Å². The number of nitrogens with one attached hydrogen (secondary N) is 1. The minimum absolute atomic E-state index is 0.695. The summed E-state index contributed by atoms with van der Waals surface area (Å²) in [6.45, 7) is 2.36. The van der Waals surface area contributed by atoms with Crippen LogP contribution in [0, 0.1) is 4.77 Å². The van der Waals surface area contributed by atoms with Gasteiger partial charge in [-0.3, -0.25) is 9.55 Å². The van der Waals surface area contributed by atoms with Gasteiger partial charge in [-0.2, -0.15) is 16.0 Å². The van der Waals surface area contributed by atoms with Gasteiger partial charge in [0.15, 0.2) is 12.5 Å². The fraction of sp³-hybridized carbons (Fsp3) is 0.190. The molecular weight excluding hydrogens is 386 g/mol. The van der Waals surface area contributed by atoms with Crippen LogP contribution in [-0.4, -0.2) is 26.4 Å². The highest BCUT2D eigenvalue weighted by atomic mass is 32.1. The molecule has 1 aromatic carbocycles. The molecule has 3 aromatic heterocycles. The third kappa shape index (κ3) is 4.27. The largest absolute Gasteiger partial charge is 0.315 e. The molecule has 0 radical (unpaired) electrons. The van der Waals surface area contributed by atoms with E-state index in [4.69, 9.17) is 17.3 Å². The zero-order valence-electron chi connectivity index (χ0n) is 15.7. The van der Waals surface area contributed by atoms with Gasteiger partial charge >= 0.3 is 0 Å². The Balaban J connectivity index is 1.66. The lowest BCUT2D eigenvalue weighted by atomic mass is 10.2. The van der Waals surface area contributed by atoms with E-state index >= 15 is 0 Å². The minimum atomic E-state index is 0.695. The van der Waals surface area contributed by atoms with Crippen molar-refractivity contribution in [3.05, 3.63) is 87.6 Å². The van der Waals surface area contributed by atoms with E-state index in [0.29, 0.717) is 13.2 Å². The Kier molecular flexibility index (Phi) is 5.76. The summed E-state index contributed by atoms with van der Waals surface area (Å²) in [6.07, 6.45) is 3.58. The Bertz CT molecular complexity index is 1070. The Morgan fingerprint density at radius 2 is 1.82 bits per heavy atom. The minimum Gasteiger partial charge on any atom is -0.315 e. The van der Waals surface area contributed by atoms with Crippen molar-refractivity contribution < 1.29 is 4.90 Å². The van der Waals surface area contributed by atoms with Crippen LogP contribution in [0.5, 0.6) is 0 Å². The summed E-state index contributed by atoms with van der Waals surface area (Å²) in [6, 6.07) is 16.5. The summed E-state index contributed by atoms with van der Waals surface area (Å²) in [7, 11) is 2.17. The standard InChI is InChI=1S/C21H21N5S2/c1-24(13-18-9-12-28-15-18)16-26-21(27)25(14-17-5-3-2-4-6-17)20(23-26)19-7-10-22-11-8-19/h2-12,15H,13-14,16H2,1H3/p+1. The van der Waals surface area contributed by atoms with E-state index in [0.717, 1.165) is 22.7 Å². The van der Waals surface area contributed by atoms with Gasteiger partial charge in [-0.05, 0) is 46.7 Å². The summed E-state index contributed by atoms with van der Waals surface area (Å²) in [5, 5.41) is 9.18. The van der Waals surface area contributed by atoms with Gasteiger partial charge in [0.1, 0.15) is 6.54 Å². The molecule has 3 heterocycles. The lowest BCUT2D eigenvalue weighted by Gasteiger charge is -2.12. The number of benzene rings is 1. The first kappa shape index (κ1) is 18.7. The van der Waals surface area contributed by atoms with E-state index in [1.54, 1.807) is 23.7 Å². The monoisotopic (exact) mass is 408 g/mol. The second-order valence-electron chi connectivity index (χ2n) is 6.84. The van der Waals surface area contributed by atoms with E-state index < -0.39 is 0 Å². The highest BCUT2D eigenvalue weighted by Crippen LogP contribution is 2.19. The number of rotatable bonds is 7. The number of nitrogens with zero attached hydrogens (tertiary/aromatic N) is 4. The van der Waals surface area contributed by atoms with Gasteiger partial charge in [0.05, 0.1) is 13.6 Å². The number of aromatic nitrogens is 4. The number of hydrogen-bond donors (Lipinski definition) is 1. The molecule has 0 aliphatic heterocycles. The highest BCUT2D eigenvalue weighted by molar-refractivity contribution is 7.71. The quantitative estimate of drug-likeness (QED) is 0.477. The maximum Gasteiger partial charge on any atom is 0.203 e. The summed E-state index contributed by atoms with van der Waals surface area (Å²) in [4.78, 5) is 5.46. The van der Waals surface area contributed by atoms with Crippen LogP contribution in [0.4, 0.5) is 0 Å². The molecule has 0 spiro atoms. The fourth-order valence-electron chi connectivity index (χ4n) is 3.22. The normalized spacial score (nSPS) is 12.2. The van der Waals surface area contributed by atoms with Crippen LogP contribution in [0.3, 0.4) is 0 Å². The first-order chi connectivity index (χ1) is 13.7. The van der Waals surface area contributed by atoms with Crippen LogP contribution < -0.4 is 4.90 Å². The van der Waals surface area contributed by atoms with Gasteiger partial charge in [0.25, 0.3) is 0 Å². The van der Waals surface area contributed by atoms with Crippen LogP contribution in [0.2, 0.25) is 0 Å². The molecule has 28 heavy (non-hydrogen) atoms. The van der Waals surface area contributed by atoms with Crippen LogP contribution in [0.25, 0.3) is 11.4 Å². The molecule has 0 aliphatic rings. The Labute approximate surface area is 173 Å². The van der Waals surface area contributed by atoms with Crippen molar-refractivity contribution in [2.45, 2.75) is 19.8 Å². The maximum atomic E-state index is 5.81. The van der Waals surface area contributed by atoms with E-state index in [9.17, 15) is 0 Å². The molecule has 142 valence electrons. The predicted octanol–water partition coefficient (Wildman–Crippen LogP) is 3.26. The topological polar surface area (TPSA) is 40.1 Å². The van der Waals surface area contributed by atoms with E-state index in [1.165, 1.54) is 16.0 Å². The predicted molar refractivity (Wildman–Crippen MR) is 115 cm³/mol. The SMILES string of the molecule is C[NH+](Cc1ccsc1)Cn1nc(-c2ccncc2)n(Cc2ccccc2)c1=S. The van der Waals surface area contributed by atoms with Gasteiger partial charge in [-0.1, -0.05) is 30.3 Å². The van der Waals surface area contributed by atoms with Crippen LogP contribution in [0.1, 0.15) is 11.1 Å². The summed E-state index contributed by atoms with van der Waals surface area (Å²) in [5.74, 6) is 0.875. The molecule has 7 heteroatoms. The van der Waals surface area contributed by atoms with Crippen molar-refractivity contribution in [1.82, 2.24) is 19.3 Å². The molecule has 1 N–H and O–H groups in total. The van der Waals surface area contributed by atoms with Crippen molar-refractivity contribution in [3.8, 4) is 11.4 Å². The first-order valence-corrected chi connectivity index (χ1v) is 10.5. The molecule has 0 amide bonds. The smallest absolute Gasteiger partial charge is 0.203 e. The highest BCUT2D eigenvalue weighted by Gasteiger charge is 2.16. The lowest BCUT2D eigenvalue weighted by molar-refractivity contribution is -0.917. The van der Waals surface area contributed by atoms with Crippen molar-refractivity contribution in [2.75, 3.05) is 7.05 Å². The average molecular weight is 409 g/mol. The number of quaternary nitrogens is 1. The van der Waals surface area contributed by atoms with Crippen LogP contribution >= 0.6 is 23.6 Å². The third-order valence-electron chi connectivity index (χ3n) is 4.55. The van der Waals surface area contributed by atoms with Crippen molar-refractivity contribution in [2.24, 2.45) is 0 Å². The molecule has 4 rings (SSSR count). The Hall–Kier alpha value is -2.61. The zero-order valence-corrected chi connectivity index (χ0v) is 17.3. The second kappa shape index (κ2) is 8.60. The molecule has 4 aromatic rings. The Morgan fingerprint density at radius 1 is 1.04 bits per heavy atom. The zero-order chi connectivity index (χ0) is 19.3. The van der Waals surface area contributed by atoms with Crippen molar-refractivity contribution in [3.63, 3.8) is 0 Å². The Morgan fingerprint density at radius 3 is 2.54 bits per heavy atom. The third-order valence-corrected chi connectivity index (χ3v) is 5.71. The van der Waals surface area contributed by atoms with Gasteiger partial charge < -0.3 is 4.90 Å². The lowest BCUT2D eigenvalue weighted by Crippen LogP contribution is -3.06. The molecule has 1 unspecified atom stereocenters. The number of hydrogen-bond acceptors (Lipinski definition) is 4. The maximum absolute atomic E-state index is 5.81. The molecule has 0 aliphatic carbocycles. The molecule has 0 saturated heterocycles. The van der Waals surface area contributed by atoms with E-state index in [1.807, 2.05) is 35.0 Å².